The lowest BCUT2D eigenvalue weighted by atomic mass is 9.94. The number of aryl methyl sites for hydroxylation is 1. The molecule has 4 amide bonds. The fraction of sp³-hybridized carbons (Fsp3) is 0.436. The number of benzene rings is 3. The lowest BCUT2D eigenvalue weighted by Gasteiger charge is -2.33. The summed E-state index contributed by atoms with van der Waals surface area (Å²) in [5, 5.41) is 14.8. The minimum atomic E-state index is -1.76. The number of nitrogens with one attached hydrogen (secondary N) is 1. The van der Waals surface area contributed by atoms with Gasteiger partial charge in [0.15, 0.2) is 0 Å². The van der Waals surface area contributed by atoms with Crippen LogP contribution in [0.3, 0.4) is 0 Å². The molecule has 4 atom stereocenters. The third-order valence-corrected chi connectivity index (χ3v) is 9.08. The molecule has 0 saturated carbocycles. The van der Waals surface area contributed by atoms with Crippen LogP contribution < -0.4 is 5.32 Å². The first-order chi connectivity index (χ1) is 24.6. The van der Waals surface area contributed by atoms with Crippen molar-refractivity contribution in [2.45, 2.75) is 83.3 Å². The van der Waals surface area contributed by atoms with Crippen LogP contribution in [-0.4, -0.2) is 100 Å². The highest BCUT2D eigenvalue weighted by Crippen LogP contribution is 2.27. The highest BCUT2D eigenvalue weighted by Gasteiger charge is 2.49. The molecular formula is C39H46F2N4O7. The van der Waals surface area contributed by atoms with Crippen LogP contribution in [0.25, 0.3) is 0 Å². The molecule has 0 bridgehead atoms. The van der Waals surface area contributed by atoms with E-state index in [1.807, 2.05) is 30.3 Å². The molecule has 2 aliphatic rings. The first-order valence-electron chi connectivity index (χ1n) is 17.3. The van der Waals surface area contributed by atoms with E-state index in [1.54, 1.807) is 51.8 Å². The molecule has 2 saturated heterocycles. The second kappa shape index (κ2) is 16.2. The summed E-state index contributed by atoms with van der Waals surface area (Å²) in [6.45, 7) is 7.57. The van der Waals surface area contributed by atoms with Crippen LogP contribution in [0.2, 0.25) is 0 Å². The van der Waals surface area contributed by atoms with Crippen LogP contribution >= 0.6 is 0 Å². The lowest BCUT2D eigenvalue weighted by Crippen LogP contribution is -2.57. The van der Waals surface area contributed by atoms with Gasteiger partial charge in [-0.1, -0.05) is 30.3 Å². The number of halogens is 2. The Morgan fingerprint density at radius 2 is 1.63 bits per heavy atom. The van der Waals surface area contributed by atoms with Gasteiger partial charge in [-0.3, -0.25) is 19.3 Å². The van der Waals surface area contributed by atoms with E-state index in [0.717, 1.165) is 35.4 Å². The van der Waals surface area contributed by atoms with E-state index in [9.17, 15) is 33.1 Å². The lowest BCUT2D eigenvalue weighted by molar-refractivity contribution is -0.132. The molecule has 3 aromatic rings. The van der Waals surface area contributed by atoms with Gasteiger partial charge in [0.2, 0.25) is 5.91 Å². The van der Waals surface area contributed by atoms with E-state index in [1.165, 1.54) is 11.0 Å². The van der Waals surface area contributed by atoms with Gasteiger partial charge in [-0.2, -0.15) is 0 Å². The van der Waals surface area contributed by atoms with Gasteiger partial charge in [0.25, 0.3) is 11.8 Å². The third-order valence-electron chi connectivity index (χ3n) is 9.08. The smallest absolute Gasteiger partial charge is 0.412 e. The summed E-state index contributed by atoms with van der Waals surface area (Å²) in [6, 6.07) is 13.7. The number of nitrogens with zero attached hydrogens (tertiary/aromatic N) is 3. The average Bonchev–Trinajstić information content (AvgIpc) is 3.67. The molecule has 2 heterocycles. The first kappa shape index (κ1) is 38.4. The van der Waals surface area contributed by atoms with Gasteiger partial charge in [-0.05, 0) is 94.0 Å². The summed E-state index contributed by atoms with van der Waals surface area (Å²) in [5.41, 5.74) is 0.949. The van der Waals surface area contributed by atoms with E-state index in [2.05, 4.69) is 5.32 Å². The number of amides is 4. The minimum absolute atomic E-state index is 0.0931. The molecule has 11 nitrogen and oxygen atoms in total. The number of carbonyl (C=O) groups excluding carboxylic acids is 4. The number of aliphatic hydroxyl groups excluding tert-OH is 1. The normalized spacial score (nSPS) is 18.8. The van der Waals surface area contributed by atoms with E-state index < -0.39 is 53.3 Å². The predicted molar refractivity (Wildman–Crippen MR) is 188 cm³/mol. The highest BCUT2D eigenvalue weighted by atomic mass is 19.1. The van der Waals surface area contributed by atoms with E-state index >= 15 is 0 Å². The Morgan fingerprint density at radius 1 is 0.962 bits per heavy atom. The number of likely N-dealkylation sites (tertiary alicyclic amines) is 1. The molecule has 52 heavy (non-hydrogen) atoms. The van der Waals surface area contributed by atoms with Crippen molar-refractivity contribution in [3.63, 3.8) is 0 Å². The number of ether oxygens (including phenoxy) is 2. The summed E-state index contributed by atoms with van der Waals surface area (Å²) in [6.07, 6.45) is -1.32. The Labute approximate surface area is 302 Å². The Balaban J connectivity index is 1.48. The maximum Gasteiger partial charge on any atom is 0.412 e. The van der Waals surface area contributed by atoms with Crippen LogP contribution in [0.15, 0.2) is 66.7 Å². The van der Waals surface area contributed by atoms with Crippen molar-refractivity contribution in [2.24, 2.45) is 0 Å². The quantitative estimate of drug-likeness (QED) is 0.291. The molecule has 13 heteroatoms. The molecule has 0 aromatic heterocycles. The molecular weight excluding hydrogens is 674 g/mol. The third kappa shape index (κ3) is 9.31. The summed E-state index contributed by atoms with van der Waals surface area (Å²) in [4.78, 5) is 59.4. The zero-order valence-corrected chi connectivity index (χ0v) is 30.1. The molecule has 5 rings (SSSR count). The van der Waals surface area contributed by atoms with Crippen LogP contribution in [0.4, 0.5) is 13.6 Å². The SMILES string of the molecule is COC[C@H]1CCCN1C(=O)c1cc(C)cc(C(=O)N[C@@H](Cc2cc(F)cc(F)c2)[C@H](O)[C@@H]2C(=O)N(Cc3ccccc3)CN2C(=O)OC(C)(C)C)c1. The zero-order chi connectivity index (χ0) is 37.7. The van der Waals surface area contributed by atoms with Gasteiger partial charge in [0.05, 0.1) is 18.7 Å². The van der Waals surface area contributed by atoms with Crippen LogP contribution in [0, 0.1) is 18.6 Å². The number of aliphatic hydroxyl groups is 1. The summed E-state index contributed by atoms with van der Waals surface area (Å²) < 4.78 is 39.6. The van der Waals surface area contributed by atoms with Crippen molar-refractivity contribution < 1.29 is 42.5 Å². The monoisotopic (exact) mass is 720 g/mol. The predicted octanol–water partition coefficient (Wildman–Crippen LogP) is 4.83. The molecule has 2 N–H and O–H groups in total. The van der Waals surface area contributed by atoms with Gasteiger partial charge in [0, 0.05) is 37.4 Å². The minimum Gasteiger partial charge on any atom is -0.444 e. The van der Waals surface area contributed by atoms with Crippen LogP contribution in [-0.2, 0) is 27.2 Å². The molecule has 0 aliphatic carbocycles. The highest BCUT2D eigenvalue weighted by molar-refractivity contribution is 6.00. The molecule has 278 valence electrons. The zero-order valence-electron chi connectivity index (χ0n) is 30.1. The summed E-state index contributed by atoms with van der Waals surface area (Å²) >= 11 is 0. The number of carbonyl (C=O) groups is 4. The van der Waals surface area contributed by atoms with Gasteiger partial charge < -0.3 is 29.7 Å². The molecule has 0 radical (unpaired) electrons. The van der Waals surface area contributed by atoms with Gasteiger partial charge in [0.1, 0.15) is 36.0 Å². The topological polar surface area (TPSA) is 129 Å². The number of hydrogen-bond acceptors (Lipinski definition) is 7. The fourth-order valence-electron chi connectivity index (χ4n) is 6.80. The van der Waals surface area contributed by atoms with Crippen molar-refractivity contribution in [1.82, 2.24) is 20.0 Å². The largest absolute Gasteiger partial charge is 0.444 e. The number of methoxy groups -OCH3 is 1. The molecule has 2 fully saturated rings. The molecule has 0 spiro atoms. The van der Waals surface area contributed by atoms with E-state index in [-0.39, 0.29) is 48.3 Å². The van der Waals surface area contributed by atoms with Crippen molar-refractivity contribution in [2.75, 3.05) is 26.9 Å². The van der Waals surface area contributed by atoms with Crippen LogP contribution in [0.1, 0.15) is 71.0 Å². The van der Waals surface area contributed by atoms with Gasteiger partial charge in [-0.15, -0.1) is 0 Å². The second-order valence-electron chi connectivity index (χ2n) is 14.4. The second-order valence-corrected chi connectivity index (χ2v) is 14.4. The average molecular weight is 721 g/mol. The fourth-order valence-corrected chi connectivity index (χ4v) is 6.80. The van der Waals surface area contributed by atoms with Gasteiger partial charge in [-0.25, -0.2) is 13.6 Å². The standard InChI is InChI=1S/C39H46F2N4O7/c1-24-14-27(19-28(15-24)36(48)44-13-9-12-31(44)22-51-5)35(47)42-32(18-26-16-29(40)20-30(41)17-26)34(46)33-37(49)43(21-25-10-7-6-8-11-25)23-45(33)38(50)52-39(2,3)4/h6-8,10-11,14-17,19-20,31-34,46H,9,12-13,18,21-23H2,1-5H3,(H,42,47)/t31-,32+,33-,34+/m1/s1. The summed E-state index contributed by atoms with van der Waals surface area (Å²) in [5.74, 6) is -3.31. The van der Waals surface area contributed by atoms with E-state index in [0.29, 0.717) is 24.8 Å². The van der Waals surface area contributed by atoms with Crippen LogP contribution in [0.5, 0.6) is 0 Å². The number of hydrogen-bond donors (Lipinski definition) is 2. The maximum atomic E-state index is 14.4. The van der Waals surface area contributed by atoms with Crippen molar-refractivity contribution in [1.29, 1.82) is 0 Å². The van der Waals surface area contributed by atoms with Crippen molar-refractivity contribution in [3.8, 4) is 0 Å². The first-order valence-corrected chi connectivity index (χ1v) is 17.3. The van der Waals surface area contributed by atoms with Gasteiger partial charge >= 0.3 is 6.09 Å². The van der Waals surface area contributed by atoms with Crippen molar-refractivity contribution >= 4 is 23.8 Å². The Kier molecular flexibility index (Phi) is 12.0. The Morgan fingerprint density at radius 3 is 2.29 bits per heavy atom. The van der Waals surface area contributed by atoms with Crippen molar-refractivity contribution in [3.05, 3.63) is 106 Å². The number of rotatable bonds is 11. The maximum absolute atomic E-state index is 14.4. The summed E-state index contributed by atoms with van der Waals surface area (Å²) in [7, 11) is 1.58. The molecule has 2 aliphatic heterocycles. The molecule has 0 unspecified atom stereocenters. The Bertz CT molecular complexity index is 1760. The van der Waals surface area contributed by atoms with E-state index in [4.69, 9.17) is 9.47 Å². The molecule has 3 aromatic carbocycles. The Hall–Kier alpha value is -4.88.